The van der Waals surface area contributed by atoms with Crippen LogP contribution in [0.4, 0.5) is 16.2 Å². The van der Waals surface area contributed by atoms with Gasteiger partial charge in [0.2, 0.25) is 0 Å². The van der Waals surface area contributed by atoms with Gasteiger partial charge in [-0.3, -0.25) is 19.4 Å². The highest BCUT2D eigenvalue weighted by molar-refractivity contribution is 6.02. The molecule has 0 spiro atoms. The number of carbonyl (C=O) groups is 3. The van der Waals surface area contributed by atoms with Crippen molar-refractivity contribution < 1.29 is 14.4 Å². The molecular weight excluding hydrogens is 558 g/mol. The smallest absolute Gasteiger partial charge is 0.323 e. The van der Waals surface area contributed by atoms with Gasteiger partial charge in [-0.15, -0.1) is 0 Å². The molecule has 0 unspecified atom stereocenters. The fraction of sp³-hybridized carbons (Fsp3) is 0.273. The Bertz CT molecular complexity index is 1810. The van der Waals surface area contributed by atoms with Gasteiger partial charge in [0.15, 0.2) is 0 Å². The number of hydrogen-bond acceptors (Lipinski definition) is 6. The number of hydrogen-bond donors (Lipinski definition) is 3. The first-order chi connectivity index (χ1) is 21.0. The summed E-state index contributed by atoms with van der Waals surface area (Å²) < 4.78 is 1.29. The first-order valence-corrected chi connectivity index (χ1v) is 14.4. The predicted octanol–water partition coefficient (Wildman–Crippen LogP) is 4.85. The van der Waals surface area contributed by atoms with Crippen LogP contribution in [0.1, 0.15) is 51.6 Å². The standard InChI is InChI=1S/C33H35N7O4/c1-6-40-32(43)28(36-33(44)37-29-19(2)17-34-18-20(29)3)16-27(38-40)22-9-7-8-21(12-22)23-13-24(30(41)35-26-10-11-26)15-25(14-23)31(42)39(4)5/h7-9,12-18,26H,6,10-11H2,1-5H3,(H,35,41)(H2,34,36,37,44). The zero-order valence-corrected chi connectivity index (χ0v) is 25.4. The molecule has 0 radical (unpaired) electrons. The van der Waals surface area contributed by atoms with Crippen LogP contribution in [-0.2, 0) is 6.54 Å². The molecule has 4 amide bonds. The minimum atomic E-state index is -0.563. The number of pyridine rings is 1. The van der Waals surface area contributed by atoms with E-state index in [-0.39, 0.29) is 23.5 Å². The molecule has 1 saturated carbocycles. The van der Waals surface area contributed by atoms with Crippen LogP contribution in [0.25, 0.3) is 22.4 Å². The lowest BCUT2D eigenvalue weighted by Crippen LogP contribution is -2.30. The molecule has 226 valence electrons. The Morgan fingerprint density at radius 1 is 0.909 bits per heavy atom. The minimum Gasteiger partial charge on any atom is -0.349 e. The summed E-state index contributed by atoms with van der Waals surface area (Å²) in [5.74, 6) is -0.438. The highest BCUT2D eigenvalue weighted by Crippen LogP contribution is 2.29. The molecule has 0 bridgehead atoms. The minimum absolute atomic E-state index is 0.0710. The van der Waals surface area contributed by atoms with Crippen LogP contribution >= 0.6 is 0 Å². The molecule has 1 fully saturated rings. The molecular formula is C33H35N7O4. The Kier molecular flexibility index (Phi) is 8.57. The summed E-state index contributed by atoms with van der Waals surface area (Å²) in [4.78, 5) is 57.5. The fourth-order valence-electron chi connectivity index (χ4n) is 4.81. The van der Waals surface area contributed by atoms with Crippen molar-refractivity contribution in [2.45, 2.75) is 46.2 Å². The molecule has 11 heteroatoms. The van der Waals surface area contributed by atoms with Crippen LogP contribution < -0.4 is 21.5 Å². The lowest BCUT2D eigenvalue weighted by molar-refractivity contribution is 0.0827. The van der Waals surface area contributed by atoms with Gasteiger partial charge in [0, 0.05) is 55.8 Å². The fourth-order valence-corrected chi connectivity index (χ4v) is 4.81. The zero-order valence-electron chi connectivity index (χ0n) is 25.4. The van der Waals surface area contributed by atoms with Gasteiger partial charge in [-0.25, -0.2) is 9.48 Å². The number of carbonyl (C=O) groups excluding carboxylic acids is 3. The molecule has 0 atom stereocenters. The summed E-state index contributed by atoms with van der Waals surface area (Å²) in [6, 6.07) is 13.7. The number of rotatable bonds is 8. The van der Waals surface area contributed by atoms with Gasteiger partial charge in [0.25, 0.3) is 17.4 Å². The molecule has 2 aromatic carbocycles. The molecule has 0 saturated heterocycles. The van der Waals surface area contributed by atoms with Crippen LogP contribution in [0, 0.1) is 13.8 Å². The van der Waals surface area contributed by atoms with Crippen LogP contribution in [0.15, 0.2) is 65.7 Å². The van der Waals surface area contributed by atoms with E-state index in [2.05, 4.69) is 26.0 Å². The molecule has 0 aliphatic heterocycles. The van der Waals surface area contributed by atoms with Crippen LogP contribution in [0.3, 0.4) is 0 Å². The summed E-state index contributed by atoms with van der Waals surface area (Å²) in [6.45, 7) is 5.76. The third-order valence-corrected chi connectivity index (χ3v) is 7.34. The molecule has 44 heavy (non-hydrogen) atoms. The van der Waals surface area contributed by atoms with E-state index in [1.165, 1.54) is 9.58 Å². The summed E-state index contributed by atoms with van der Waals surface area (Å²) >= 11 is 0. The number of amides is 4. The van der Waals surface area contributed by atoms with Crippen molar-refractivity contribution in [1.82, 2.24) is 25.0 Å². The molecule has 2 aromatic heterocycles. The first-order valence-electron chi connectivity index (χ1n) is 14.4. The van der Waals surface area contributed by atoms with Gasteiger partial charge in [-0.1, -0.05) is 18.2 Å². The van der Waals surface area contributed by atoms with E-state index in [0.717, 1.165) is 29.5 Å². The van der Waals surface area contributed by atoms with Crippen molar-refractivity contribution in [2.75, 3.05) is 24.7 Å². The van der Waals surface area contributed by atoms with E-state index in [0.29, 0.717) is 40.2 Å². The number of anilines is 2. The second-order valence-corrected chi connectivity index (χ2v) is 11.1. The Morgan fingerprint density at radius 2 is 1.59 bits per heavy atom. The summed E-state index contributed by atoms with van der Waals surface area (Å²) in [6.07, 6.45) is 5.20. The maximum absolute atomic E-state index is 13.1. The number of urea groups is 1. The Balaban J connectivity index is 1.50. The third-order valence-electron chi connectivity index (χ3n) is 7.34. The molecule has 5 rings (SSSR count). The van der Waals surface area contributed by atoms with Crippen LogP contribution in [-0.4, -0.2) is 57.6 Å². The number of aryl methyl sites for hydroxylation is 3. The number of benzene rings is 2. The van der Waals surface area contributed by atoms with E-state index in [1.54, 1.807) is 57.7 Å². The summed E-state index contributed by atoms with van der Waals surface area (Å²) in [5.41, 5.74) is 5.23. The van der Waals surface area contributed by atoms with E-state index in [1.807, 2.05) is 38.1 Å². The maximum atomic E-state index is 13.1. The van der Waals surface area contributed by atoms with Crippen molar-refractivity contribution >= 4 is 29.2 Å². The normalized spacial score (nSPS) is 12.4. The van der Waals surface area contributed by atoms with Gasteiger partial charge in [0.1, 0.15) is 5.69 Å². The molecule has 1 aliphatic carbocycles. The summed E-state index contributed by atoms with van der Waals surface area (Å²) in [7, 11) is 3.33. The lowest BCUT2D eigenvalue weighted by Gasteiger charge is -2.15. The van der Waals surface area contributed by atoms with Gasteiger partial charge in [-0.05, 0) is 86.2 Å². The SMILES string of the molecule is CCn1nc(-c2cccc(-c3cc(C(=O)NC4CC4)cc(C(=O)N(C)C)c3)c2)cc(NC(=O)Nc2c(C)cncc2C)c1=O. The van der Waals surface area contributed by atoms with Crippen molar-refractivity contribution in [3.63, 3.8) is 0 Å². The average Bonchev–Trinajstić information content (AvgIpc) is 3.83. The van der Waals surface area contributed by atoms with Crippen molar-refractivity contribution in [1.29, 1.82) is 0 Å². The largest absolute Gasteiger partial charge is 0.349 e. The maximum Gasteiger partial charge on any atom is 0.323 e. The Morgan fingerprint density at radius 3 is 2.25 bits per heavy atom. The van der Waals surface area contributed by atoms with Gasteiger partial charge < -0.3 is 20.9 Å². The van der Waals surface area contributed by atoms with Gasteiger partial charge >= 0.3 is 6.03 Å². The number of nitrogens with one attached hydrogen (secondary N) is 3. The van der Waals surface area contributed by atoms with E-state index in [4.69, 9.17) is 0 Å². The Hall–Kier alpha value is -5.32. The number of aromatic nitrogens is 3. The number of nitrogens with zero attached hydrogens (tertiary/aromatic N) is 4. The summed E-state index contributed by atoms with van der Waals surface area (Å²) in [5, 5.41) is 13.0. The van der Waals surface area contributed by atoms with Gasteiger partial charge in [-0.2, -0.15) is 5.10 Å². The highest BCUT2D eigenvalue weighted by atomic mass is 16.2. The van der Waals surface area contributed by atoms with E-state index in [9.17, 15) is 19.2 Å². The molecule has 11 nitrogen and oxygen atoms in total. The highest BCUT2D eigenvalue weighted by Gasteiger charge is 2.25. The zero-order chi connectivity index (χ0) is 31.5. The topological polar surface area (TPSA) is 138 Å². The van der Waals surface area contributed by atoms with E-state index < -0.39 is 11.6 Å². The third kappa shape index (κ3) is 6.67. The molecule has 4 aromatic rings. The van der Waals surface area contributed by atoms with Crippen LogP contribution in [0.2, 0.25) is 0 Å². The molecule has 1 aliphatic rings. The average molecular weight is 594 g/mol. The van der Waals surface area contributed by atoms with Crippen LogP contribution in [0.5, 0.6) is 0 Å². The van der Waals surface area contributed by atoms with Gasteiger partial charge in [0.05, 0.1) is 11.4 Å². The quantitative estimate of drug-likeness (QED) is 0.267. The first kappa shape index (κ1) is 30.1. The second kappa shape index (κ2) is 12.5. The monoisotopic (exact) mass is 593 g/mol. The molecule has 2 heterocycles. The van der Waals surface area contributed by atoms with Crippen molar-refractivity contribution in [3.05, 3.63) is 93.5 Å². The van der Waals surface area contributed by atoms with Crippen molar-refractivity contribution in [3.8, 4) is 22.4 Å². The van der Waals surface area contributed by atoms with E-state index >= 15 is 0 Å². The predicted molar refractivity (Wildman–Crippen MR) is 170 cm³/mol. The lowest BCUT2D eigenvalue weighted by atomic mass is 9.96. The molecule has 3 N–H and O–H groups in total. The van der Waals surface area contributed by atoms with Crippen molar-refractivity contribution in [2.24, 2.45) is 0 Å². The second-order valence-electron chi connectivity index (χ2n) is 11.1. The Labute approximate surface area is 255 Å².